The Kier molecular flexibility index (Phi) is 7.00. The van der Waals surface area contributed by atoms with Gasteiger partial charge in [0.05, 0.1) is 61.1 Å². The summed E-state index contributed by atoms with van der Waals surface area (Å²) in [5.74, 6) is -5.06. The molecule has 0 radical (unpaired) electrons. The predicted molar refractivity (Wildman–Crippen MR) is 119 cm³/mol. The molecule has 0 aliphatic carbocycles. The van der Waals surface area contributed by atoms with E-state index in [1.807, 2.05) is 6.07 Å². The van der Waals surface area contributed by atoms with Crippen molar-refractivity contribution in [2.45, 2.75) is 5.92 Å². The molecule has 0 saturated heterocycles. The summed E-state index contributed by atoms with van der Waals surface area (Å²) in [5.41, 5.74) is 4.64. The van der Waals surface area contributed by atoms with Crippen LogP contribution in [0.25, 0.3) is 0 Å². The van der Waals surface area contributed by atoms with Crippen LogP contribution >= 0.6 is 0 Å². The maximum absolute atomic E-state index is 14.7. The van der Waals surface area contributed by atoms with Crippen molar-refractivity contribution in [1.29, 1.82) is 5.26 Å². The monoisotopic (exact) mass is 482 g/mol. The van der Waals surface area contributed by atoms with Gasteiger partial charge < -0.3 is 19.9 Å². The number of carbonyl (C=O) groups excluding carboxylic acids is 2. The Morgan fingerprint density at radius 2 is 1.77 bits per heavy atom. The Hall–Kier alpha value is -4.92. The van der Waals surface area contributed by atoms with Crippen LogP contribution in [0.15, 0.2) is 65.1 Å². The van der Waals surface area contributed by atoms with Gasteiger partial charge in [-0.2, -0.15) is 9.65 Å². The number of rotatable bonds is 6. The highest BCUT2D eigenvalue weighted by atomic mass is 19.1. The number of anilines is 1. The molecule has 1 aliphatic rings. The van der Waals surface area contributed by atoms with E-state index >= 15 is 0 Å². The molecule has 0 spiro atoms. The number of nitrogens with zero attached hydrogens (tertiary/aromatic N) is 3. The molecule has 1 atom stereocenters. The van der Waals surface area contributed by atoms with E-state index in [0.29, 0.717) is 11.6 Å². The first-order valence-electron chi connectivity index (χ1n) is 9.89. The molecule has 2 aromatic carbocycles. The van der Waals surface area contributed by atoms with Crippen molar-refractivity contribution < 1.29 is 33.1 Å². The minimum Gasteiger partial charge on any atom is -0.494 e. The van der Waals surface area contributed by atoms with Crippen LogP contribution in [0.4, 0.5) is 15.8 Å². The predicted octanol–water partition coefficient (Wildman–Crippen LogP) is 2.64. The van der Waals surface area contributed by atoms with Gasteiger partial charge in [0.1, 0.15) is 17.3 Å². The molecular formula is C23H19FN4O7. The number of benzene rings is 2. The number of hydrogen-bond acceptors (Lipinski definition) is 10. The lowest BCUT2D eigenvalue weighted by Gasteiger charge is -2.36. The smallest absolute Gasteiger partial charge is 0.355 e. The van der Waals surface area contributed by atoms with Gasteiger partial charge in [-0.25, -0.2) is 9.59 Å². The van der Waals surface area contributed by atoms with Crippen molar-refractivity contribution in [3.63, 3.8) is 0 Å². The zero-order valence-corrected chi connectivity index (χ0v) is 18.8. The van der Waals surface area contributed by atoms with Crippen molar-refractivity contribution in [2.24, 2.45) is 5.73 Å². The lowest BCUT2D eigenvalue weighted by atomic mass is 9.81. The molecule has 1 unspecified atom stereocenters. The fraction of sp³-hybridized carbons (Fsp3) is 0.174. The zero-order chi connectivity index (χ0) is 25.9. The molecule has 11 nitrogen and oxygen atoms in total. The second kappa shape index (κ2) is 9.92. The summed E-state index contributed by atoms with van der Waals surface area (Å²) in [5, 5.41) is 21.2. The van der Waals surface area contributed by atoms with Crippen LogP contribution in [0.2, 0.25) is 0 Å². The molecule has 12 heteroatoms. The zero-order valence-electron chi connectivity index (χ0n) is 18.8. The third kappa shape index (κ3) is 4.22. The highest BCUT2D eigenvalue weighted by molar-refractivity contribution is 6.06. The Balaban J connectivity index is 2.48. The van der Waals surface area contributed by atoms with Crippen LogP contribution in [0, 0.1) is 27.3 Å². The number of ether oxygens (including phenoxy) is 3. The quantitative estimate of drug-likeness (QED) is 0.368. The fourth-order valence-electron chi connectivity index (χ4n) is 3.77. The Bertz CT molecular complexity index is 1320. The number of methoxy groups -OCH3 is 3. The molecule has 1 aliphatic heterocycles. The number of allylic oxidation sites excluding steroid dienone is 1. The van der Waals surface area contributed by atoms with Gasteiger partial charge in [0.2, 0.25) is 5.82 Å². The standard InChI is InChI=1S/C23H19FN4O7/c1-33-17-10-15(28(31)32)14(24)9-16(17)27-20(23(30)35-3)19(22(29)34-2)18(13(11-25)21(27)26)12-7-5-4-6-8-12/h4-10,18H,26H2,1-3H3. The SMILES string of the molecule is COC(=O)C1=C(C(=O)OC)N(c2cc(F)c([N+](=O)[O-])cc2OC)C(N)=C(C#N)C1c1ccccc1. The second-order valence-electron chi connectivity index (χ2n) is 7.07. The summed E-state index contributed by atoms with van der Waals surface area (Å²) in [6, 6.07) is 11.7. The Morgan fingerprint density at radius 3 is 2.29 bits per heavy atom. The molecule has 0 amide bonds. The van der Waals surface area contributed by atoms with Crippen molar-refractivity contribution in [3.8, 4) is 11.8 Å². The van der Waals surface area contributed by atoms with E-state index in [1.54, 1.807) is 30.3 Å². The van der Waals surface area contributed by atoms with Gasteiger partial charge in [-0.15, -0.1) is 0 Å². The second-order valence-corrected chi connectivity index (χ2v) is 7.07. The molecule has 0 fully saturated rings. The number of nitriles is 1. The number of carbonyl (C=O) groups is 2. The molecular weight excluding hydrogens is 463 g/mol. The Morgan fingerprint density at radius 1 is 1.14 bits per heavy atom. The van der Waals surface area contributed by atoms with E-state index in [1.165, 1.54) is 0 Å². The molecule has 180 valence electrons. The van der Waals surface area contributed by atoms with Crippen LogP contribution in [-0.2, 0) is 19.1 Å². The molecule has 35 heavy (non-hydrogen) atoms. The van der Waals surface area contributed by atoms with Crippen LogP contribution in [0.3, 0.4) is 0 Å². The number of hydrogen-bond donors (Lipinski definition) is 1. The van der Waals surface area contributed by atoms with Crippen molar-refractivity contribution in [1.82, 2.24) is 0 Å². The third-order valence-electron chi connectivity index (χ3n) is 5.30. The van der Waals surface area contributed by atoms with E-state index in [-0.39, 0.29) is 28.4 Å². The number of esters is 2. The summed E-state index contributed by atoms with van der Waals surface area (Å²) in [4.78, 5) is 37.2. The number of nitro benzene ring substituents is 1. The minimum atomic E-state index is -1.27. The van der Waals surface area contributed by atoms with Gasteiger partial charge in [-0.1, -0.05) is 30.3 Å². The van der Waals surface area contributed by atoms with E-state index in [9.17, 15) is 29.4 Å². The largest absolute Gasteiger partial charge is 0.494 e. The highest BCUT2D eigenvalue weighted by Crippen LogP contribution is 2.46. The van der Waals surface area contributed by atoms with Gasteiger partial charge in [-0.05, 0) is 5.56 Å². The van der Waals surface area contributed by atoms with E-state index in [0.717, 1.165) is 32.3 Å². The first kappa shape index (κ1) is 24.7. The van der Waals surface area contributed by atoms with Crippen LogP contribution in [0.1, 0.15) is 11.5 Å². The van der Waals surface area contributed by atoms with Gasteiger partial charge in [0, 0.05) is 6.07 Å². The molecule has 0 saturated carbocycles. The lowest BCUT2D eigenvalue weighted by Crippen LogP contribution is -2.41. The van der Waals surface area contributed by atoms with E-state index in [2.05, 4.69) is 0 Å². The summed E-state index contributed by atoms with van der Waals surface area (Å²) in [7, 11) is 3.29. The normalized spacial score (nSPS) is 15.4. The van der Waals surface area contributed by atoms with E-state index < -0.39 is 40.0 Å². The first-order chi connectivity index (χ1) is 16.7. The summed E-state index contributed by atoms with van der Waals surface area (Å²) < 4.78 is 29.7. The molecule has 1 heterocycles. The van der Waals surface area contributed by atoms with Crippen LogP contribution in [-0.4, -0.2) is 38.2 Å². The van der Waals surface area contributed by atoms with Crippen LogP contribution in [0.5, 0.6) is 5.75 Å². The maximum atomic E-state index is 14.7. The summed E-state index contributed by atoms with van der Waals surface area (Å²) in [6.45, 7) is 0. The average molecular weight is 482 g/mol. The van der Waals surface area contributed by atoms with Gasteiger partial charge >= 0.3 is 17.6 Å². The average Bonchev–Trinajstić information content (AvgIpc) is 2.87. The van der Waals surface area contributed by atoms with Gasteiger partial charge in [-0.3, -0.25) is 15.0 Å². The van der Waals surface area contributed by atoms with Crippen molar-refractivity contribution in [2.75, 3.05) is 26.2 Å². The van der Waals surface area contributed by atoms with E-state index in [4.69, 9.17) is 19.9 Å². The summed E-state index contributed by atoms with van der Waals surface area (Å²) >= 11 is 0. The first-order valence-corrected chi connectivity index (χ1v) is 9.89. The lowest BCUT2D eigenvalue weighted by molar-refractivity contribution is -0.387. The topological polar surface area (TPSA) is 158 Å². The number of halogens is 1. The third-order valence-corrected chi connectivity index (χ3v) is 5.30. The number of nitrogens with two attached hydrogens (primary N) is 1. The molecule has 3 rings (SSSR count). The number of nitro groups is 1. The maximum Gasteiger partial charge on any atom is 0.355 e. The van der Waals surface area contributed by atoms with Gasteiger partial charge in [0.25, 0.3) is 0 Å². The fourth-order valence-corrected chi connectivity index (χ4v) is 3.77. The minimum absolute atomic E-state index is 0.162. The van der Waals surface area contributed by atoms with Crippen molar-refractivity contribution in [3.05, 3.63) is 86.6 Å². The Labute approximate surface area is 198 Å². The van der Waals surface area contributed by atoms with Crippen molar-refractivity contribution >= 4 is 23.3 Å². The molecule has 2 aromatic rings. The summed E-state index contributed by atoms with van der Waals surface area (Å²) in [6.07, 6.45) is 0. The van der Waals surface area contributed by atoms with Crippen LogP contribution < -0.4 is 15.4 Å². The molecule has 0 aromatic heterocycles. The molecule has 2 N–H and O–H groups in total. The van der Waals surface area contributed by atoms with Gasteiger partial charge in [0.15, 0.2) is 0 Å². The molecule has 0 bridgehead atoms. The highest BCUT2D eigenvalue weighted by Gasteiger charge is 2.44.